The van der Waals surface area contributed by atoms with E-state index >= 15 is 0 Å². The minimum atomic E-state index is 0.709. The summed E-state index contributed by atoms with van der Waals surface area (Å²) in [6, 6.07) is 60.7. The second-order valence-electron chi connectivity index (χ2n) is 12.7. The van der Waals surface area contributed by atoms with E-state index in [2.05, 4.69) is 138 Å². The van der Waals surface area contributed by atoms with Crippen molar-refractivity contribution in [2.75, 3.05) is 0 Å². The predicted molar refractivity (Wildman–Crippen MR) is 209 cm³/mol. The van der Waals surface area contributed by atoms with E-state index in [4.69, 9.17) is 19.9 Å². The van der Waals surface area contributed by atoms with Crippen LogP contribution in [0.2, 0.25) is 0 Å². The summed E-state index contributed by atoms with van der Waals surface area (Å²) in [5.74, 6) is 1.60. The van der Waals surface area contributed by atoms with Crippen molar-refractivity contribution in [1.29, 1.82) is 0 Å². The van der Waals surface area contributed by atoms with Crippen LogP contribution >= 0.6 is 0 Å². The molecule has 0 unspecified atom stereocenters. The molecule has 0 aliphatic rings. The summed E-state index contributed by atoms with van der Waals surface area (Å²) in [6.07, 6.45) is 0. The smallest absolute Gasteiger partial charge is 0.160 e. The van der Waals surface area contributed by atoms with Gasteiger partial charge in [-0.15, -0.1) is 0 Å². The number of benzene rings is 7. The maximum Gasteiger partial charge on any atom is 0.160 e. The lowest BCUT2D eigenvalue weighted by Gasteiger charge is -2.13. The van der Waals surface area contributed by atoms with Crippen molar-refractivity contribution in [3.05, 3.63) is 176 Å². The Balaban J connectivity index is 1.21. The number of hydrogen-bond donors (Lipinski definition) is 0. The highest BCUT2D eigenvalue weighted by Crippen LogP contribution is 2.40. The Hall–Kier alpha value is -6.98. The summed E-state index contributed by atoms with van der Waals surface area (Å²) in [4.78, 5) is 20.8. The van der Waals surface area contributed by atoms with Crippen LogP contribution in [0.25, 0.3) is 94.6 Å². The van der Waals surface area contributed by atoms with Crippen molar-refractivity contribution in [3.8, 4) is 51.0 Å². The number of hydrogen-bond acceptors (Lipinski definition) is 4. The molecule has 0 N–H and O–H groups in total. The lowest BCUT2D eigenvalue weighted by Crippen LogP contribution is -1.97. The molecule has 238 valence electrons. The van der Waals surface area contributed by atoms with Crippen LogP contribution in [0.3, 0.4) is 0 Å². The minimum Gasteiger partial charge on any atom is -0.292 e. The fraction of sp³-hybridized carbons (Fsp3) is 0. The molecule has 3 aromatic heterocycles. The molecule has 7 aromatic carbocycles. The van der Waals surface area contributed by atoms with Gasteiger partial charge in [-0.25, -0.2) is 19.9 Å². The second-order valence-corrected chi connectivity index (χ2v) is 12.7. The van der Waals surface area contributed by atoms with Gasteiger partial charge in [0.2, 0.25) is 0 Å². The first-order chi connectivity index (χ1) is 25.3. The molecule has 0 radical (unpaired) electrons. The zero-order valence-electron chi connectivity index (χ0n) is 27.5. The SMILES string of the molecule is c1ccc(-c2nc(-c3ccc(-c4nc5ccccc5c5ccc6c(nc(-c7ccccc7)n6-c6ccccc6)c45)cc3)c3ccccc3n2)cc1. The van der Waals surface area contributed by atoms with Gasteiger partial charge in [-0.05, 0) is 35.7 Å². The Morgan fingerprint density at radius 3 is 1.63 bits per heavy atom. The molecule has 10 aromatic rings. The van der Waals surface area contributed by atoms with Crippen LogP contribution in [0.5, 0.6) is 0 Å². The third-order valence-electron chi connectivity index (χ3n) is 9.60. The van der Waals surface area contributed by atoms with Gasteiger partial charge in [0.25, 0.3) is 0 Å². The third kappa shape index (κ3) is 4.86. The van der Waals surface area contributed by atoms with Crippen LogP contribution < -0.4 is 0 Å². The van der Waals surface area contributed by atoms with Crippen molar-refractivity contribution in [2.24, 2.45) is 0 Å². The predicted octanol–water partition coefficient (Wildman–Crippen LogP) is 11.3. The maximum atomic E-state index is 5.42. The largest absolute Gasteiger partial charge is 0.292 e. The molecule has 0 atom stereocenters. The zero-order chi connectivity index (χ0) is 33.7. The average molecular weight is 652 g/mol. The highest BCUT2D eigenvalue weighted by Gasteiger charge is 2.21. The zero-order valence-corrected chi connectivity index (χ0v) is 27.5. The van der Waals surface area contributed by atoms with Crippen LogP contribution in [0, 0.1) is 0 Å². The monoisotopic (exact) mass is 651 g/mol. The van der Waals surface area contributed by atoms with Gasteiger partial charge in [0.1, 0.15) is 5.82 Å². The van der Waals surface area contributed by atoms with Crippen molar-refractivity contribution >= 4 is 43.6 Å². The van der Waals surface area contributed by atoms with Crippen molar-refractivity contribution in [2.45, 2.75) is 0 Å². The fourth-order valence-corrected chi connectivity index (χ4v) is 7.21. The van der Waals surface area contributed by atoms with E-state index in [1.807, 2.05) is 42.5 Å². The van der Waals surface area contributed by atoms with Gasteiger partial charge >= 0.3 is 0 Å². The highest BCUT2D eigenvalue weighted by molar-refractivity contribution is 6.20. The summed E-state index contributed by atoms with van der Waals surface area (Å²) >= 11 is 0. The average Bonchev–Trinajstić information content (AvgIpc) is 3.61. The number of para-hydroxylation sites is 3. The van der Waals surface area contributed by atoms with E-state index in [9.17, 15) is 0 Å². The topological polar surface area (TPSA) is 56.5 Å². The second kappa shape index (κ2) is 11.9. The Morgan fingerprint density at radius 2 is 0.922 bits per heavy atom. The van der Waals surface area contributed by atoms with Gasteiger partial charge in [-0.2, -0.15) is 0 Å². The van der Waals surface area contributed by atoms with E-state index in [0.717, 1.165) is 88.8 Å². The molecule has 5 heteroatoms. The van der Waals surface area contributed by atoms with E-state index < -0.39 is 0 Å². The highest BCUT2D eigenvalue weighted by atomic mass is 15.1. The number of aromatic nitrogens is 5. The standard InChI is InChI=1S/C46H29N5/c1-4-14-32(15-5-1)45-48-39-23-13-11-21-37(39)42(49-45)30-24-26-31(27-25-30)43-41-36(35-20-10-12-22-38(35)47-43)28-29-40-44(41)50-46(33-16-6-2-7-17-33)51(40)34-18-8-3-9-19-34/h1-29H. The molecular weight excluding hydrogens is 623 g/mol. The maximum absolute atomic E-state index is 5.42. The van der Waals surface area contributed by atoms with Crippen molar-refractivity contribution in [3.63, 3.8) is 0 Å². The lowest BCUT2D eigenvalue weighted by atomic mass is 9.97. The van der Waals surface area contributed by atoms with E-state index in [1.54, 1.807) is 0 Å². The molecule has 0 aliphatic heterocycles. The first-order valence-electron chi connectivity index (χ1n) is 17.1. The molecule has 0 amide bonds. The van der Waals surface area contributed by atoms with Crippen molar-refractivity contribution < 1.29 is 0 Å². The van der Waals surface area contributed by atoms with E-state index in [1.165, 1.54) is 0 Å². The molecular formula is C46H29N5. The van der Waals surface area contributed by atoms with Gasteiger partial charge in [0.15, 0.2) is 5.82 Å². The number of imidazole rings is 1. The number of nitrogens with zero attached hydrogens (tertiary/aromatic N) is 5. The number of rotatable bonds is 5. The Kier molecular flexibility index (Phi) is 6.74. The van der Waals surface area contributed by atoms with Crippen LogP contribution in [-0.2, 0) is 0 Å². The Labute approximate surface area is 294 Å². The first kappa shape index (κ1) is 29.0. The molecule has 5 nitrogen and oxygen atoms in total. The lowest BCUT2D eigenvalue weighted by molar-refractivity contribution is 1.10. The summed E-state index contributed by atoms with van der Waals surface area (Å²) in [6.45, 7) is 0. The van der Waals surface area contributed by atoms with E-state index in [0.29, 0.717) is 5.82 Å². The first-order valence-corrected chi connectivity index (χ1v) is 17.1. The Bertz CT molecular complexity index is 2880. The fourth-order valence-electron chi connectivity index (χ4n) is 7.21. The number of pyridine rings is 1. The molecule has 0 spiro atoms. The van der Waals surface area contributed by atoms with Gasteiger partial charge < -0.3 is 0 Å². The van der Waals surface area contributed by atoms with Crippen LogP contribution in [0.15, 0.2) is 176 Å². The summed E-state index contributed by atoms with van der Waals surface area (Å²) in [7, 11) is 0. The molecule has 51 heavy (non-hydrogen) atoms. The number of fused-ring (bicyclic) bond motifs is 6. The van der Waals surface area contributed by atoms with Gasteiger partial charge in [0.05, 0.1) is 33.5 Å². The van der Waals surface area contributed by atoms with Gasteiger partial charge in [-0.1, -0.05) is 146 Å². The van der Waals surface area contributed by atoms with Crippen molar-refractivity contribution in [1.82, 2.24) is 24.5 Å². The van der Waals surface area contributed by atoms with Gasteiger partial charge in [0, 0.05) is 44.1 Å². The molecule has 0 aliphatic carbocycles. The quantitative estimate of drug-likeness (QED) is 0.174. The van der Waals surface area contributed by atoms with E-state index in [-0.39, 0.29) is 0 Å². The Morgan fingerprint density at radius 1 is 0.353 bits per heavy atom. The van der Waals surface area contributed by atoms with Crippen LogP contribution in [-0.4, -0.2) is 24.5 Å². The van der Waals surface area contributed by atoms with Crippen LogP contribution in [0.1, 0.15) is 0 Å². The summed E-state index contributed by atoms with van der Waals surface area (Å²) in [5, 5.41) is 4.27. The normalized spacial score (nSPS) is 11.5. The van der Waals surface area contributed by atoms with Crippen LogP contribution in [0.4, 0.5) is 0 Å². The third-order valence-corrected chi connectivity index (χ3v) is 9.60. The summed E-state index contributed by atoms with van der Waals surface area (Å²) in [5.41, 5.74) is 10.7. The molecule has 0 saturated heterocycles. The molecule has 10 rings (SSSR count). The molecule has 0 fully saturated rings. The van der Waals surface area contributed by atoms with Gasteiger partial charge in [-0.3, -0.25) is 4.57 Å². The summed E-state index contributed by atoms with van der Waals surface area (Å²) < 4.78 is 2.26. The molecule has 0 saturated carbocycles. The molecule has 3 heterocycles. The minimum absolute atomic E-state index is 0.709. The molecule has 0 bridgehead atoms.